The summed E-state index contributed by atoms with van der Waals surface area (Å²) in [7, 11) is 0. The molecule has 0 aliphatic carbocycles. The Morgan fingerprint density at radius 2 is 2.11 bits per heavy atom. The lowest BCUT2D eigenvalue weighted by Gasteiger charge is -2.14. The van der Waals surface area contributed by atoms with Crippen LogP contribution in [0.15, 0.2) is 18.2 Å². The van der Waals surface area contributed by atoms with Gasteiger partial charge in [0.25, 0.3) is 0 Å². The Hall–Kier alpha value is -1.76. The molecule has 0 bridgehead atoms. The average Bonchev–Trinajstić information content (AvgIpc) is 2.30. The number of rotatable bonds is 5. The van der Waals surface area contributed by atoms with Gasteiger partial charge in [-0.05, 0) is 25.1 Å². The van der Waals surface area contributed by atoms with Gasteiger partial charge in [-0.2, -0.15) is 13.2 Å². The fourth-order valence-electron chi connectivity index (χ4n) is 1.43. The van der Waals surface area contributed by atoms with Crippen LogP contribution in [0.1, 0.15) is 18.9 Å². The largest absolute Gasteiger partial charge is 0.492 e. The highest BCUT2D eigenvalue weighted by Gasteiger charge is 2.31. The summed E-state index contributed by atoms with van der Waals surface area (Å²) in [5.74, 6) is -0.261. The van der Waals surface area contributed by atoms with Crippen molar-refractivity contribution >= 4 is 11.6 Å². The summed E-state index contributed by atoms with van der Waals surface area (Å²) in [4.78, 5) is 11.4. The average molecular weight is 276 g/mol. The SMILES string of the molecule is CCOc1ccc(C(F)(F)F)cc1NC(=O)CCN. The number of benzene rings is 1. The van der Waals surface area contributed by atoms with E-state index in [1.807, 2.05) is 0 Å². The van der Waals surface area contributed by atoms with Crippen molar-refractivity contribution in [3.8, 4) is 5.75 Å². The molecular formula is C12H15F3N2O2. The van der Waals surface area contributed by atoms with Crippen LogP contribution in [0.4, 0.5) is 18.9 Å². The molecule has 0 radical (unpaired) electrons. The Morgan fingerprint density at radius 3 is 2.63 bits per heavy atom. The lowest BCUT2D eigenvalue weighted by molar-refractivity contribution is -0.137. The van der Waals surface area contributed by atoms with Crippen molar-refractivity contribution in [3.05, 3.63) is 23.8 Å². The third kappa shape index (κ3) is 4.44. The zero-order chi connectivity index (χ0) is 14.5. The first-order valence-electron chi connectivity index (χ1n) is 5.72. The number of ether oxygens (including phenoxy) is 1. The van der Waals surface area contributed by atoms with Crippen molar-refractivity contribution in [3.63, 3.8) is 0 Å². The van der Waals surface area contributed by atoms with Crippen LogP contribution in [0.5, 0.6) is 5.75 Å². The molecule has 1 aromatic rings. The molecule has 0 fully saturated rings. The van der Waals surface area contributed by atoms with Crippen LogP contribution in [-0.2, 0) is 11.0 Å². The number of carbonyl (C=O) groups excluding carboxylic acids is 1. The Labute approximate surface area is 108 Å². The molecule has 0 atom stereocenters. The van der Waals surface area contributed by atoms with Gasteiger partial charge in [-0.15, -0.1) is 0 Å². The highest BCUT2D eigenvalue weighted by Crippen LogP contribution is 2.35. The van der Waals surface area contributed by atoms with Gasteiger partial charge in [0.2, 0.25) is 5.91 Å². The maximum atomic E-state index is 12.6. The molecule has 0 spiro atoms. The van der Waals surface area contributed by atoms with E-state index in [0.29, 0.717) is 0 Å². The molecule has 3 N–H and O–H groups in total. The number of amides is 1. The van der Waals surface area contributed by atoms with Crippen LogP contribution in [0.2, 0.25) is 0 Å². The number of carbonyl (C=O) groups is 1. The maximum Gasteiger partial charge on any atom is 0.416 e. The summed E-state index contributed by atoms with van der Waals surface area (Å²) in [5.41, 5.74) is 4.35. The molecule has 0 saturated carbocycles. The number of anilines is 1. The topological polar surface area (TPSA) is 64.3 Å². The smallest absolute Gasteiger partial charge is 0.416 e. The summed E-state index contributed by atoms with van der Waals surface area (Å²) in [5, 5.41) is 2.36. The van der Waals surface area contributed by atoms with Crippen molar-refractivity contribution < 1.29 is 22.7 Å². The number of alkyl halides is 3. The number of hydrogen-bond acceptors (Lipinski definition) is 3. The van der Waals surface area contributed by atoms with E-state index in [9.17, 15) is 18.0 Å². The molecule has 0 aliphatic heterocycles. The van der Waals surface area contributed by atoms with Gasteiger partial charge in [0.15, 0.2) is 0 Å². The first-order chi connectivity index (χ1) is 8.88. The summed E-state index contributed by atoms with van der Waals surface area (Å²) in [6.45, 7) is 2.10. The molecule has 1 amide bonds. The van der Waals surface area contributed by atoms with Gasteiger partial charge in [0, 0.05) is 13.0 Å². The molecule has 106 valence electrons. The fourth-order valence-corrected chi connectivity index (χ4v) is 1.43. The van der Waals surface area contributed by atoms with Crippen LogP contribution in [0.25, 0.3) is 0 Å². The van der Waals surface area contributed by atoms with E-state index in [1.54, 1.807) is 6.92 Å². The molecule has 1 aromatic carbocycles. The Morgan fingerprint density at radius 1 is 1.42 bits per heavy atom. The van der Waals surface area contributed by atoms with Gasteiger partial charge in [0.1, 0.15) is 5.75 Å². The number of hydrogen-bond donors (Lipinski definition) is 2. The predicted octanol–water partition coefficient (Wildman–Crippen LogP) is 2.39. The second-order valence-electron chi connectivity index (χ2n) is 3.73. The highest BCUT2D eigenvalue weighted by molar-refractivity contribution is 5.92. The fraction of sp³-hybridized carbons (Fsp3) is 0.417. The van der Waals surface area contributed by atoms with Crippen LogP contribution in [0.3, 0.4) is 0 Å². The van der Waals surface area contributed by atoms with Crippen molar-refractivity contribution in [2.45, 2.75) is 19.5 Å². The van der Waals surface area contributed by atoms with E-state index in [-0.39, 0.29) is 31.0 Å². The van der Waals surface area contributed by atoms with Crippen LogP contribution < -0.4 is 15.8 Å². The molecule has 19 heavy (non-hydrogen) atoms. The molecule has 1 rings (SSSR count). The van der Waals surface area contributed by atoms with Crippen molar-refractivity contribution in [2.24, 2.45) is 5.73 Å². The van der Waals surface area contributed by atoms with E-state index in [0.717, 1.165) is 12.1 Å². The highest BCUT2D eigenvalue weighted by atomic mass is 19.4. The van der Waals surface area contributed by atoms with Crippen molar-refractivity contribution in [1.82, 2.24) is 0 Å². The van der Waals surface area contributed by atoms with Crippen LogP contribution in [0, 0.1) is 0 Å². The molecule has 0 saturated heterocycles. The molecule has 4 nitrogen and oxygen atoms in total. The summed E-state index contributed by atoms with van der Waals surface area (Å²) < 4.78 is 43.0. The summed E-state index contributed by atoms with van der Waals surface area (Å²) in [6, 6.07) is 2.94. The molecule has 0 unspecified atom stereocenters. The standard InChI is InChI=1S/C12H15F3N2O2/c1-2-19-10-4-3-8(12(13,14)15)7-9(10)17-11(18)5-6-16/h3-4,7H,2,5-6,16H2,1H3,(H,17,18). The van der Waals surface area contributed by atoms with Gasteiger partial charge in [-0.1, -0.05) is 0 Å². The quantitative estimate of drug-likeness (QED) is 0.868. The minimum atomic E-state index is -4.47. The minimum Gasteiger partial charge on any atom is -0.492 e. The normalized spacial score (nSPS) is 11.2. The molecule has 7 heteroatoms. The maximum absolute atomic E-state index is 12.6. The second-order valence-corrected chi connectivity index (χ2v) is 3.73. The van der Waals surface area contributed by atoms with Crippen LogP contribution >= 0.6 is 0 Å². The Balaban J connectivity index is 3.05. The number of halogens is 3. The Kier molecular flexibility index (Phi) is 5.17. The van der Waals surface area contributed by atoms with E-state index >= 15 is 0 Å². The summed E-state index contributed by atoms with van der Waals surface area (Å²) in [6.07, 6.45) is -4.44. The first kappa shape index (κ1) is 15.3. The first-order valence-corrected chi connectivity index (χ1v) is 5.72. The zero-order valence-electron chi connectivity index (χ0n) is 10.4. The van der Waals surface area contributed by atoms with Crippen molar-refractivity contribution in [1.29, 1.82) is 0 Å². The molecule has 0 aromatic heterocycles. The Bertz CT molecular complexity index is 447. The second kappa shape index (κ2) is 6.42. The van der Waals surface area contributed by atoms with Gasteiger partial charge < -0.3 is 15.8 Å². The lowest BCUT2D eigenvalue weighted by atomic mass is 10.1. The van der Waals surface area contributed by atoms with Crippen LogP contribution in [-0.4, -0.2) is 19.1 Å². The van der Waals surface area contributed by atoms with Gasteiger partial charge in [-0.25, -0.2) is 0 Å². The van der Waals surface area contributed by atoms with E-state index in [1.165, 1.54) is 6.07 Å². The third-order valence-corrected chi connectivity index (χ3v) is 2.25. The predicted molar refractivity (Wildman–Crippen MR) is 64.9 cm³/mol. The monoisotopic (exact) mass is 276 g/mol. The van der Waals surface area contributed by atoms with Gasteiger partial charge in [-0.3, -0.25) is 4.79 Å². The number of nitrogens with one attached hydrogen (secondary N) is 1. The zero-order valence-corrected chi connectivity index (χ0v) is 10.4. The van der Waals surface area contributed by atoms with E-state index in [4.69, 9.17) is 10.5 Å². The minimum absolute atomic E-state index is 0.00451. The van der Waals surface area contributed by atoms with Gasteiger partial charge >= 0.3 is 6.18 Å². The van der Waals surface area contributed by atoms with E-state index < -0.39 is 17.6 Å². The van der Waals surface area contributed by atoms with E-state index in [2.05, 4.69) is 5.32 Å². The summed E-state index contributed by atoms with van der Waals surface area (Å²) >= 11 is 0. The van der Waals surface area contributed by atoms with Gasteiger partial charge in [0.05, 0.1) is 17.9 Å². The molecular weight excluding hydrogens is 261 g/mol. The number of nitrogens with two attached hydrogens (primary N) is 1. The lowest BCUT2D eigenvalue weighted by Crippen LogP contribution is -2.17. The molecule has 0 heterocycles. The third-order valence-electron chi connectivity index (χ3n) is 2.25. The van der Waals surface area contributed by atoms with Crippen molar-refractivity contribution in [2.75, 3.05) is 18.5 Å². The molecule has 0 aliphatic rings.